The Bertz CT molecular complexity index is 467. The highest BCUT2D eigenvalue weighted by molar-refractivity contribution is 5.43. The van der Waals surface area contributed by atoms with Crippen LogP contribution in [-0.2, 0) is 0 Å². The molecule has 1 aliphatic carbocycles. The molecule has 1 saturated heterocycles. The Hall–Kier alpha value is -1.63. The molecular weight excluding hydrogens is 224 g/mol. The molecule has 1 aliphatic heterocycles. The van der Waals surface area contributed by atoms with E-state index < -0.39 is 0 Å². The van der Waals surface area contributed by atoms with Crippen molar-refractivity contribution >= 4 is 5.82 Å². The summed E-state index contributed by atoms with van der Waals surface area (Å²) in [5, 5.41) is 9.10. The molecule has 4 nitrogen and oxygen atoms in total. The minimum atomic E-state index is 0.488. The quantitative estimate of drug-likeness (QED) is 0.800. The van der Waals surface area contributed by atoms with Crippen LogP contribution in [0.25, 0.3) is 0 Å². The Morgan fingerprint density at radius 3 is 2.50 bits per heavy atom. The minimum Gasteiger partial charge on any atom is -0.356 e. The first-order chi connectivity index (χ1) is 8.86. The standard InChI is InChI=1S/C14H18N4/c15-10-12-9-13(18-7-2-1-3-8-18)17-14(16-12)11-5-4-6-11/h9,11H,1-8H2. The molecular formula is C14H18N4. The van der Waals surface area contributed by atoms with Crippen molar-refractivity contribution < 1.29 is 0 Å². The summed E-state index contributed by atoms with van der Waals surface area (Å²) in [6.45, 7) is 2.12. The van der Waals surface area contributed by atoms with Crippen LogP contribution in [0.2, 0.25) is 0 Å². The summed E-state index contributed by atoms with van der Waals surface area (Å²) < 4.78 is 0. The monoisotopic (exact) mass is 242 g/mol. The van der Waals surface area contributed by atoms with Gasteiger partial charge in [-0.3, -0.25) is 0 Å². The van der Waals surface area contributed by atoms with Gasteiger partial charge in [0.05, 0.1) is 0 Å². The van der Waals surface area contributed by atoms with Crippen LogP contribution in [0.4, 0.5) is 5.82 Å². The molecule has 1 saturated carbocycles. The molecule has 94 valence electrons. The van der Waals surface area contributed by atoms with Crippen LogP contribution in [0, 0.1) is 11.3 Å². The van der Waals surface area contributed by atoms with Gasteiger partial charge in [0.15, 0.2) is 0 Å². The smallest absolute Gasteiger partial charge is 0.146 e. The van der Waals surface area contributed by atoms with Gasteiger partial charge in [0.1, 0.15) is 23.4 Å². The second kappa shape index (κ2) is 4.93. The van der Waals surface area contributed by atoms with Gasteiger partial charge in [-0.15, -0.1) is 0 Å². The molecule has 3 rings (SSSR count). The van der Waals surface area contributed by atoms with Gasteiger partial charge in [-0.2, -0.15) is 5.26 Å². The maximum Gasteiger partial charge on any atom is 0.146 e. The Morgan fingerprint density at radius 1 is 1.11 bits per heavy atom. The summed E-state index contributed by atoms with van der Waals surface area (Å²) in [7, 11) is 0. The van der Waals surface area contributed by atoms with Crippen molar-refractivity contribution in [1.29, 1.82) is 5.26 Å². The van der Waals surface area contributed by atoms with Gasteiger partial charge < -0.3 is 4.90 Å². The van der Waals surface area contributed by atoms with E-state index >= 15 is 0 Å². The molecule has 0 bridgehead atoms. The van der Waals surface area contributed by atoms with Crippen LogP contribution in [0.3, 0.4) is 0 Å². The second-order valence-electron chi connectivity index (χ2n) is 5.26. The number of piperidine rings is 1. The highest BCUT2D eigenvalue weighted by Gasteiger charge is 2.24. The van der Waals surface area contributed by atoms with E-state index in [1.165, 1.54) is 38.5 Å². The zero-order valence-electron chi connectivity index (χ0n) is 10.6. The van der Waals surface area contributed by atoms with Crippen LogP contribution >= 0.6 is 0 Å². The van der Waals surface area contributed by atoms with Crippen LogP contribution < -0.4 is 4.90 Å². The molecule has 0 aromatic carbocycles. The van der Waals surface area contributed by atoms with E-state index in [4.69, 9.17) is 10.2 Å². The average molecular weight is 242 g/mol. The fourth-order valence-electron chi connectivity index (χ4n) is 2.64. The van der Waals surface area contributed by atoms with Crippen molar-refractivity contribution in [2.75, 3.05) is 18.0 Å². The molecule has 2 aliphatic rings. The molecule has 4 heteroatoms. The van der Waals surface area contributed by atoms with E-state index in [0.29, 0.717) is 11.6 Å². The number of nitrogens with zero attached hydrogens (tertiary/aromatic N) is 4. The summed E-state index contributed by atoms with van der Waals surface area (Å²) in [6.07, 6.45) is 7.38. The number of anilines is 1. The second-order valence-corrected chi connectivity index (χ2v) is 5.26. The van der Waals surface area contributed by atoms with Crippen molar-refractivity contribution in [2.45, 2.75) is 44.4 Å². The molecule has 1 aromatic rings. The largest absolute Gasteiger partial charge is 0.356 e. The summed E-state index contributed by atoms with van der Waals surface area (Å²) in [5.41, 5.74) is 0.521. The highest BCUT2D eigenvalue weighted by Crippen LogP contribution is 2.35. The molecule has 1 aromatic heterocycles. The first kappa shape index (κ1) is 11.5. The maximum atomic E-state index is 9.10. The van der Waals surface area contributed by atoms with Crippen LogP contribution in [0.1, 0.15) is 56.0 Å². The molecule has 2 heterocycles. The van der Waals surface area contributed by atoms with Crippen molar-refractivity contribution in [1.82, 2.24) is 9.97 Å². The van der Waals surface area contributed by atoms with Gasteiger partial charge in [0.2, 0.25) is 0 Å². The van der Waals surface area contributed by atoms with Gasteiger partial charge in [-0.1, -0.05) is 6.42 Å². The number of hydrogen-bond acceptors (Lipinski definition) is 4. The highest BCUT2D eigenvalue weighted by atomic mass is 15.2. The van der Waals surface area contributed by atoms with Crippen LogP contribution in [0.5, 0.6) is 0 Å². The predicted molar refractivity (Wildman–Crippen MR) is 69.4 cm³/mol. The molecule has 2 fully saturated rings. The third-order valence-electron chi connectivity index (χ3n) is 3.99. The van der Waals surface area contributed by atoms with E-state index in [1.54, 1.807) is 0 Å². The lowest BCUT2D eigenvalue weighted by atomic mass is 9.85. The van der Waals surface area contributed by atoms with E-state index in [-0.39, 0.29) is 0 Å². The summed E-state index contributed by atoms with van der Waals surface area (Å²) in [4.78, 5) is 11.4. The zero-order chi connectivity index (χ0) is 12.4. The number of hydrogen-bond donors (Lipinski definition) is 0. The van der Waals surface area contributed by atoms with E-state index in [0.717, 1.165) is 24.7 Å². The normalized spacial score (nSPS) is 20.3. The molecule has 0 spiro atoms. The third kappa shape index (κ3) is 2.17. The summed E-state index contributed by atoms with van der Waals surface area (Å²) in [6, 6.07) is 4.01. The Labute approximate surface area is 108 Å². The van der Waals surface area contributed by atoms with Gasteiger partial charge in [-0.25, -0.2) is 9.97 Å². The van der Waals surface area contributed by atoms with Gasteiger partial charge >= 0.3 is 0 Å². The summed E-state index contributed by atoms with van der Waals surface area (Å²) in [5.74, 6) is 2.34. The maximum absolute atomic E-state index is 9.10. The Morgan fingerprint density at radius 2 is 1.89 bits per heavy atom. The molecule has 0 amide bonds. The lowest BCUT2D eigenvalue weighted by molar-refractivity contribution is 0.400. The first-order valence-electron chi connectivity index (χ1n) is 6.91. The fourth-order valence-corrected chi connectivity index (χ4v) is 2.64. The zero-order valence-corrected chi connectivity index (χ0v) is 10.6. The van der Waals surface area contributed by atoms with Crippen molar-refractivity contribution in [3.05, 3.63) is 17.6 Å². The molecule has 0 unspecified atom stereocenters. The molecule has 0 atom stereocenters. The molecule has 0 radical (unpaired) electrons. The SMILES string of the molecule is N#Cc1cc(N2CCCCC2)nc(C2CCC2)n1. The topological polar surface area (TPSA) is 52.8 Å². The predicted octanol–water partition coefficient (Wildman–Crippen LogP) is 2.61. The number of aromatic nitrogens is 2. The summed E-state index contributed by atoms with van der Waals surface area (Å²) >= 11 is 0. The van der Waals surface area contributed by atoms with E-state index in [2.05, 4.69) is 16.0 Å². The number of nitriles is 1. The first-order valence-corrected chi connectivity index (χ1v) is 6.91. The minimum absolute atomic E-state index is 0.488. The number of rotatable bonds is 2. The van der Waals surface area contributed by atoms with Gasteiger partial charge in [0.25, 0.3) is 0 Å². The molecule has 18 heavy (non-hydrogen) atoms. The Kier molecular flexibility index (Phi) is 3.14. The van der Waals surface area contributed by atoms with Crippen molar-refractivity contribution in [3.8, 4) is 6.07 Å². The van der Waals surface area contributed by atoms with Gasteiger partial charge in [-0.05, 0) is 32.1 Å². The van der Waals surface area contributed by atoms with Crippen LogP contribution in [-0.4, -0.2) is 23.1 Å². The Balaban J connectivity index is 1.90. The lowest BCUT2D eigenvalue weighted by Gasteiger charge is -2.29. The van der Waals surface area contributed by atoms with E-state index in [9.17, 15) is 0 Å². The van der Waals surface area contributed by atoms with Crippen molar-refractivity contribution in [3.63, 3.8) is 0 Å². The van der Waals surface area contributed by atoms with Gasteiger partial charge in [0, 0.05) is 25.1 Å². The van der Waals surface area contributed by atoms with Crippen LogP contribution in [0.15, 0.2) is 6.07 Å². The molecule has 0 N–H and O–H groups in total. The third-order valence-corrected chi connectivity index (χ3v) is 3.99. The average Bonchev–Trinajstić information content (AvgIpc) is 2.37. The van der Waals surface area contributed by atoms with E-state index in [1.807, 2.05) is 6.07 Å². The fraction of sp³-hybridized carbons (Fsp3) is 0.643. The van der Waals surface area contributed by atoms with Crippen molar-refractivity contribution in [2.24, 2.45) is 0 Å². The lowest BCUT2D eigenvalue weighted by Crippen LogP contribution is -2.31.